The summed E-state index contributed by atoms with van der Waals surface area (Å²) < 4.78 is 5.07. The molecular formula is C12H11NO4. The summed E-state index contributed by atoms with van der Waals surface area (Å²) in [5.41, 5.74) is 0.999. The number of benzene rings is 1. The third-order valence-corrected chi connectivity index (χ3v) is 2.39. The van der Waals surface area contributed by atoms with Crippen molar-refractivity contribution in [3.8, 4) is 0 Å². The molecule has 5 heteroatoms. The van der Waals surface area contributed by atoms with E-state index in [2.05, 4.69) is 5.32 Å². The number of hydrogen-bond donors (Lipinski definition) is 2. The van der Waals surface area contributed by atoms with E-state index < -0.39 is 18.1 Å². The number of anilines is 1. The van der Waals surface area contributed by atoms with Crippen LogP contribution in [-0.4, -0.2) is 17.6 Å². The minimum atomic E-state index is -0.619. The van der Waals surface area contributed by atoms with Crippen LogP contribution in [0.2, 0.25) is 0 Å². The maximum Gasteiger partial charge on any atom is 0.336 e. The second-order valence-electron chi connectivity index (χ2n) is 3.64. The van der Waals surface area contributed by atoms with Gasteiger partial charge in [-0.15, -0.1) is 0 Å². The van der Waals surface area contributed by atoms with Gasteiger partial charge in [0.05, 0.1) is 5.69 Å². The molecule has 1 amide bonds. The molecule has 88 valence electrons. The second kappa shape index (κ2) is 4.39. The lowest BCUT2D eigenvalue weighted by atomic mass is 10.1. The van der Waals surface area contributed by atoms with Crippen LogP contribution in [0.1, 0.15) is 5.56 Å². The molecule has 0 atom stereocenters. The van der Waals surface area contributed by atoms with Crippen molar-refractivity contribution in [1.82, 2.24) is 0 Å². The molecule has 0 bridgehead atoms. The van der Waals surface area contributed by atoms with E-state index in [0.29, 0.717) is 11.3 Å². The van der Waals surface area contributed by atoms with Gasteiger partial charge in [-0.2, -0.15) is 0 Å². The first kappa shape index (κ1) is 11.3. The molecule has 2 rings (SSSR count). The smallest absolute Gasteiger partial charge is 0.336 e. The van der Waals surface area contributed by atoms with Crippen molar-refractivity contribution in [3.63, 3.8) is 0 Å². The highest BCUT2D eigenvalue weighted by molar-refractivity contribution is 6.00. The van der Waals surface area contributed by atoms with Crippen LogP contribution in [0.3, 0.4) is 0 Å². The van der Waals surface area contributed by atoms with E-state index in [4.69, 9.17) is 9.52 Å². The molecule has 0 aliphatic heterocycles. The summed E-state index contributed by atoms with van der Waals surface area (Å²) in [7, 11) is 0. The molecule has 0 unspecified atom stereocenters. The lowest BCUT2D eigenvalue weighted by molar-refractivity contribution is -0.118. The number of rotatable bonds is 2. The largest absolute Gasteiger partial charge is 0.420 e. The maximum absolute atomic E-state index is 11.3. The molecule has 1 heterocycles. The molecule has 0 saturated carbocycles. The normalized spacial score (nSPS) is 10.5. The zero-order valence-electron chi connectivity index (χ0n) is 9.19. The van der Waals surface area contributed by atoms with E-state index in [-0.39, 0.29) is 0 Å². The quantitative estimate of drug-likeness (QED) is 0.759. The van der Waals surface area contributed by atoms with Crippen molar-refractivity contribution in [3.05, 3.63) is 40.2 Å². The van der Waals surface area contributed by atoms with Crippen LogP contribution in [0.4, 0.5) is 5.69 Å². The molecule has 2 N–H and O–H groups in total. The van der Waals surface area contributed by atoms with Gasteiger partial charge in [0.15, 0.2) is 5.58 Å². The Balaban J connectivity index is 2.64. The summed E-state index contributed by atoms with van der Waals surface area (Å²) in [6.45, 7) is 1.17. The number of aryl methyl sites for hydroxylation is 1. The second-order valence-corrected chi connectivity index (χ2v) is 3.64. The molecular weight excluding hydrogens is 222 g/mol. The number of hydrogen-bond acceptors (Lipinski definition) is 4. The Bertz CT molecular complexity index is 630. The predicted octanol–water partition coefficient (Wildman–Crippen LogP) is 1.03. The Morgan fingerprint density at radius 3 is 2.94 bits per heavy atom. The fraction of sp³-hybridized carbons (Fsp3) is 0.167. The summed E-state index contributed by atoms with van der Waals surface area (Å²) in [4.78, 5) is 22.4. The van der Waals surface area contributed by atoms with Crippen molar-refractivity contribution >= 4 is 22.6 Å². The molecule has 17 heavy (non-hydrogen) atoms. The fourth-order valence-electron chi connectivity index (χ4n) is 1.63. The van der Waals surface area contributed by atoms with Gasteiger partial charge in [-0.1, -0.05) is 12.1 Å². The molecule has 0 fully saturated rings. The minimum Gasteiger partial charge on any atom is -0.420 e. The average molecular weight is 233 g/mol. The Labute approximate surface area is 96.7 Å². The van der Waals surface area contributed by atoms with Crippen LogP contribution < -0.4 is 10.9 Å². The monoisotopic (exact) mass is 233 g/mol. The summed E-state index contributed by atoms with van der Waals surface area (Å²) in [5.74, 6) is -0.554. The van der Waals surface area contributed by atoms with E-state index in [1.165, 1.54) is 6.07 Å². The number of carbonyl (C=O) groups excluding carboxylic acids is 1. The fourth-order valence-corrected chi connectivity index (χ4v) is 1.63. The van der Waals surface area contributed by atoms with E-state index in [0.717, 1.165) is 10.9 Å². The Morgan fingerprint density at radius 1 is 1.47 bits per heavy atom. The molecule has 0 aliphatic rings. The molecule has 0 aliphatic carbocycles. The van der Waals surface area contributed by atoms with Gasteiger partial charge in [0.1, 0.15) is 6.61 Å². The topological polar surface area (TPSA) is 79.5 Å². The zero-order valence-corrected chi connectivity index (χ0v) is 9.19. The summed E-state index contributed by atoms with van der Waals surface area (Å²) >= 11 is 0. The van der Waals surface area contributed by atoms with Gasteiger partial charge in [-0.05, 0) is 18.6 Å². The standard InChI is InChI=1S/C12H11NO4/c1-7-5-11(16)17-12-8(7)3-2-4-9(12)13-10(15)6-14/h2-5,14H,6H2,1H3,(H,13,15). The third kappa shape index (κ3) is 2.19. The van der Waals surface area contributed by atoms with Gasteiger partial charge in [0.25, 0.3) is 0 Å². The number of carbonyl (C=O) groups is 1. The highest BCUT2D eigenvalue weighted by atomic mass is 16.4. The number of para-hydroxylation sites is 1. The van der Waals surface area contributed by atoms with Crippen LogP contribution >= 0.6 is 0 Å². The van der Waals surface area contributed by atoms with Crippen LogP contribution in [0, 0.1) is 6.92 Å². The predicted molar refractivity (Wildman–Crippen MR) is 62.9 cm³/mol. The zero-order chi connectivity index (χ0) is 12.4. The lowest BCUT2D eigenvalue weighted by Gasteiger charge is -2.07. The first-order chi connectivity index (χ1) is 8.11. The number of nitrogens with one attached hydrogen (secondary N) is 1. The van der Waals surface area contributed by atoms with Crippen molar-refractivity contribution in [1.29, 1.82) is 0 Å². The average Bonchev–Trinajstić information content (AvgIpc) is 2.30. The highest BCUT2D eigenvalue weighted by Crippen LogP contribution is 2.24. The molecule has 1 aromatic heterocycles. The Hall–Kier alpha value is -2.14. The van der Waals surface area contributed by atoms with Crippen molar-refractivity contribution in [2.24, 2.45) is 0 Å². The van der Waals surface area contributed by atoms with Gasteiger partial charge >= 0.3 is 5.63 Å². The van der Waals surface area contributed by atoms with E-state index >= 15 is 0 Å². The van der Waals surface area contributed by atoms with Gasteiger partial charge in [0, 0.05) is 11.5 Å². The molecule has 2 aromatic rings. The SMILES string of the molecule is Cc1cc(=O)oc2c(NC(=O)CO)cccc12. The number of aliphatic hydroxyl groups is 1. The Morgan fingerprint density at radius 2 is 2.24 bits per heavy atom. The van der Waals surface area contributed by atoms with Crippen LogP contribution in [0.15, 0.2) is 33.5 Å². The minimum absolute atomic E-state index is 0.319. The lowest BCUT2D eigenvalue weighted by Crippen LogP contribution is -2.16. The molecule has 1 aromatic carbocycles. The van der Waals surface area contributed by atoms with Crippen molar-refractivity contribution in [2.75, 3.05) is 11.9 Å². The van der Waals surface area contributed by atoms with E-state index in [1.54, 1.807) is 25.1 Å². The molecule has 0 saturated heterocycles. The number of aliphatic hydroxyl groups excluding tert-OH is 1. The van der Waals surface area contributed by atoms with E-state index in [1.807, 2.05) is 0 Å². The first-order valence-electron chi connectivity index (χ1n) is 5.06. The van der Waals surface area contributed by atoms with Crippen LogP contribution in [0.5, 0.6) is 0 Å². The van der Waals surface area contributed by atoms with Crippen molar-refractivity contribution in [2.45, 2.75) is 6.92 Å². The van der Waals surface area contributed by atoms with Crippen molar-refractivity contribution < 1.29 is 14.3 Å². The van der Waals surface area contributed by atoms with Gasteiger partial charge in [-0.25, -0.2) is 4.79 Å². The van der Waals surface area contributed by atoms with Gasteiger partial charge < -0.3 is 14.8 Å². The number of fused-ring (bicyclic) bond motifs is 1. The summed E-state index contributed by atoms with van der Waals surface area (Å²) in [5, 5.41) is 11.9. The van der Waals surface area contributed by atoms with Gasteiger partial charge in [-0.3, -0.25) is 4.79 Å². The third-order valence-electron chi connectivity index (χ3n) is 2.39. The van der Waals surface area contributed by atoms with E-state index in [9.17, 15) is 9.59 Å². The summed E-state index contributed by atoms with van der Waals surface area (Å²) in [6, 6.07) is 6.53. The highest BCUT2D eigenvalue weighted by Gasteiger charge is 2.09. The van der Waals surface area contributed by atoms with Gasteiger partial charge in [0.2, 0.25) is 5.91 Å². The molecule has 5 nitrogen and oxygen atoms in total. The Kier molecular flexibility index (Phi) is 2.93. The number of amides is 1. The first-order valence-corrected chi connectivity index (χ1v) is 5.06. The molecule has 0 spiro atoms. The maximum atomic E-state index is 11.3. The van der Waals surface area contributed by atoms with Crippen LogP contribution in [0.25, 0.3) is 11.0 Å². The molecule has 0 radical (unpaired) electrons. The van der Waals surface area contributed by atoms with Crippen LogP contribution in [-0.2, 0) is 4.79 Å². The summed E-state index contributed by atoms with van der Waals surface area (Å²) in [6.07, 6.45) is 0.